The van der Waals surface area contributed by atoms with Gasteiger partial charge in [0.05, 0.1) is 6.04 Å². The molecule has 0 spiro atoms. The lowest BCUT2D eigenvalue weighted by Gasteiger charge is -2.22. The first-order valence-electron chi connectivity index (χ1n) is 8.77. The molecule has 3 atom stereocenters. The molecule has 0 saturated carbocycles. The molecule has 156 valence electrons. The molecule has 0 fully saturated rings. The van der Waals surface area contributed by atoms with E-state index in [4.69, 9.17) is 16.6 Å². The summed E-state index contributed by atoms with van der Waals surface area (Å²) in [5.41, 5.74) is 11.2. The van der Waals surface area contributed by atoms with Crippen molar-refractivity contribution in [3.05, 3.63) is 0 Å². The van der Waals surface area contributed by atoms with E-state index in [0.29, 0.717) is 32.2 Å². The highest BCUT2D eigenvalue weighted by atomic mass is 32.2. The maximum Gasteiger partial charge on any atom is 0.322 e. The molecule has 3 amide bonds. The number of carbonyl (C=O) groups excluding carboxylic acids is 3. The van der Waals surface area contributed by atoms with Crippen LogP contribution < -0.4 is 27.4 Å². The molecule has 0 saturated heterocycles. The third-order valence-corrected chi connectivity index (χ3v) is 4.36. The van der Waals surface area contributed by atoms with Gasteiger partial charge in [-0.15, -0.1) is 0 Å². The molecule has 0 aliphatic rings. The van der Waals surface area contributed by atoms with Gasteiger partial charge >= 0.3 is 5.97 Å². The maximum absolute atomic E-state index is 12.3. The largest absolute Gasteiger partial charge is 0.480 e. The van der Waals surface area contributed by atoms with E-state index < -0.39 is 48.4 Å². The van der Waals surface area contributed by atoms with Crippen LogP contribution in [0.15, 0.2) is 0 Å². The van der Waals surface area contributed by atoms with Gasteiger partial charge in [0.2, 0.25) is 17.7 Å². The second-order valence-corrected chi connectivity index (χ2v) is 7.06. The molecule has 0 radical (unpaired) electrons. The van der Waals surface area contributed by atoms with Gasteiger partial charge < -0.3 is 32.5 Å². The third kappa shape index (κ3) is 11.5. The van der Waals surface area contributed by atoms with E-state index >= 15 is 0 Å². The van der Waals surface area contributed by atoms with Gasteiger partial charge in [-0.25, -0.2) is 0 Å². The highest BCUT2D eigenvalue weighted by molar-refractivity contribution is 7.98. The lowest BCUT2D eigenvalue weighted by Crippen LogP contribution is -2.55. The van der Waals surface area contributed by atoms with E-state index in [2.05, 4.69) is 16.0 Å². The number of amides is 3. The number of nitrogens with two attached hydrogens (primary N) is 2. The average Bonchev–Trinajstić information content (AvgIpc) is 2.62. The number of rotatable bonds is 14. The smallest absolute Gasteiger partial charge is 0.322 e. The van der Waals surface area contributed by atoms with E-state index in [-0.39, 0.29) is 0 Å². The molecule has 0 aliphatic heterocycles. The Kier molecular flexibility index (Phi) is 13.3. The zero-order valence-electron chi connectivity index (χ0n) is 15.8. The Morgan fingerprint density at radius 1 is 1.04 bits per heavy atom. The van der Waals surface area contributed by atoms with E-state index in [1.165, 1.54) is 6.92 Å². The summed E-state index contributed by atoms with van der Waals surface area (Å²) < 4.78 is 0. The molecular formula is C16H31N5O5S. The molecule has 0 aliphatic carbocycles. The molecular weight excluding hydrogens is 374 g/mol. The summed E-state index contributed by atoms with van der Waals surface area (Å²) in [5, 5.41) is 16.0. The molecule has 0 rings (SSSR count). The van der Waals surface area contributed by atoms with Crippen LogP contribution in [0.4, 0.5) is 0 Å². The number of nitrogens with one attached hydrogen (secondary N) is 3. The van der Waals surface area contributed by atoms with Gasteiger partial charge in [-0.05, 0) is 51.2 Å². The van der Waals surface area contributed by atoms with Crippen molar-refractivity contribution < 1.29 is 24.3 Å². The van der Waals surface area contributed by atoms with Crippen molar-refractivity contribution in [1.82, 2.24) is 16.0 Å². The van der Waals surface area contributed by atoms with Crippen molar-refractivity contribution in [2.45, 2.75) is 50.7 Å². The van der Waals surface area contributed by atoms with Crippen molar-refractivity contribution >= 4 is 35.5 Å². The summed E-state index contributed by atoms with van der Waals surface area (Å²) in [6.45, 7) is 1.39. The number of hydrogen-bond donors (Lipinski definition) is 6. The summed E-state index contributed by atoms with van der Waals surface area (Å²) in [5.74, 6) is -2.05. The number of carboxylic acid groups (broad SMARTS) is 1. The van der Waals surface area contributed by atoms with E-state index in [1.54, 1.807) is 11.8 Å². The Morgan fingerprint density at radius 2 is 1.70 bits per heavy atom. The fraction of sp³-hybridized carbons (Fsp3) is 0.750. The van der Waals surface area contributed by atoms with Crippen molar-refractivity contribution in [2.24, 2.45) is 11.5 Å². The Morgan fingerprint density at radius 3 is 2.26 bits per heavy atom. The van der Waals surface area contributed by atoms with E-state index in [0.717, 1.165) is 5.75 Å². The van der Waals surface area contributed by atoms with Gasteiger partial charge in [-0.3, -0.25) is 19.2 Å². The molecule has 0 aromatic heterocycles. The fourth-order valence-corrected chi connectivity index (χ4v) is 2.60. The van der Waals surface area contributed by atoms with Crippen LogP contribution in [-0.2, 0) is 19.2 Å². The molecule has 0 aromatic carbocycles. The first kappa shape index (κ1) is 25.1. The van der Waals surface area contributed by atoms with Crippen LogP contribution in [0.2, 0.25) is 0 Å². The van der Waals surface area contributed by atoms with Crippen LogP contribution in [0.5, 0.6) is 0 Å². The normalized spacial score (nSPS) is 13.9. The minimum Gasteiger partial charge on any atom is -0.480 e. The minimum atomic E-state index is -1.18. The number of thioether (sulfide) groups is 1. The predicted molar refractivity (Wildman–Crippen MR) is 104 cm³/mol. The first-order valence-corrected chi connectivity index (χ1v) is 10.2. The minimum absolute atomic E-state index is 0.308. The molecule has 27 heavy (non-hydrogen) atoms. The second-order valence-electron chi connectivity index (χ2n) is 6.08. The molecule has 0 heterocycles. The topological polar surface area (TPSA) is 177 Å². The van der Waals surface area contributed by atoms with Gasteiger partial charge in [0.1, 0.15) is 18.6 Å². The summed E-state index contributed by atoms with van der Waals surface area (Å²) in [7, 11) is 0. The first-order chi connectivity index (χ1) is 12.7. The Hall–Kier alpha value is -1.85. The zero-order valence-corrected chi connectivity index (χ0v) is 16.6. The van der Waals surface area contributed by atoms with Crippen molar-refractivity contribution in [1.29, 1.82) is 0 Å². The Balaban J connectivity index is 4.71. The lowest BCUT2D eigenvalue weighted by atomic mass is 10.1. The van der Waals surface area contributed by atoms with E-state index in [1.807, 2.05) is 6.26 Å². The SMILES string of the molecule is CSCCC(N)C(=O)NC(C)C(=O)NC(CCCCN)C(=O)NCC(=O)O. The van der Waals surface area contributed by atoms with Crippen molar-refractivity contribution in [2.75, 3.05) is 25.1 Å². The molecule has 10 nitrogen and oxygen atoms in total. The van der Waals surface area contributed by atoms with Crippen LogP contribution >= 0.6 is 11.8 Å². The van der Waals surface area contributed by atoms with Gasteiger partial charge in [0.25, 0.3) is 0 Å². The number of unbranched alkanes of at least 4 members (excludes halogenated alkanes) is 1. The van der Waals surface area contributed by atoms with Gasteiger partial charge in [0, 0.05) is 0 Å². The summed E-state index contributed by atoms with van der Waals surface area (Å²) >= 11 is 1.57. The van der Waals surface area contributed by atoms with Crippen molar-refractivity contribution in [3.63, 3.8) is 0 Å². The molecule has 11 heteroatoms. The maximum atomic E-state index is 12.3. The summed E-state index contributed by atoms with van der Waals surface area (Å²) in [6.07, 6.45) is 3.95. The molecule has 0 aromatic rings. The highest BCUT2D eigenvalue weighted by Gasteiger charge is 2.25. The van der Waals surface area contributed by atoms with Crippen LogP contribution in [0, 0.1) is 0 Å². The lowest BCUT2D eigenvalue weighted by molar-refractivity contribution is -0.138. The molecule has 0 bridgehead atoms. The average molecular weight is 406 g/mol. The number of carboxylic acids is 1. The predicted octanol–water partition coefficient (Wildman–Crippen LogP) is -1.61. The highest BCUT2D eigenvalue weighted by Crippen LogP contribution is 2.03. The van der Waals surface area contributed by atoms with Crippen LogP contribution in [-0.4, -0.2) is 72.0 Å². The van der Waals surface area contributed by atoms with Gasteiger partial charge in [0.15, 0.2) is 0 Å². The number of hydrogen-bond acceptors (Lipinski definition) is 7. The number of carbonyl (C=O) groups is 4. The summed E-state index contributed by atoms with van der Waals surface area (Å²) in [4.78, 5) is 47.0. The summed E-state index contributed by atoms with van der Waals surface area (Å²) in [6, 6.07) is -2.51. The Labute approximate surface area is 163 Å². The Bertz CT molecular complexity index is 506. The third-order valence-electron chi connectivity index (χ3n) is 3.72. The quantitative estimate of drug-likeness (QED) is 0.187. The second kappa shape index (κ2) is 14.2. The van der Waals surface area contributed by atoms with Crippen LogP contribution in [0.3, 0.4) is 0 Å². The monoisotopic (exact) mass is 405 g/mol. The fourth-order valence-electron chi connectivity index (χ4n) is 2.11. The number of aliphatic carboxylic acids is 1. The zero-order chi connectivity index (χ0) is 20.8. The van der Waals surface area contributed by atoms with Crippen LogP contribution in [0.1, 0.15) is 32.6 Å². The van der Waals surface area contributed by atoms with Crippen molar-refractivity contribution in [3.8, 4) is 0 Å². The van der Waals surface area contributed by atoms with E-state index in [9.17, 15) is 19.2 Å². The van der Waals surface area contributed by atoms with Gasteiger partial charge in [-0.1, -0.05) is 0 Å². The standard InChI is InChI=1S/C16H31N5O5S/c1-10(20-15(25)11(18)6-8-27-2)14(24)21-12(5-3-4-7-17)16(26)19-9-13(22)23/h10-12H,3-9,17-18H2,1-2H3,(H,19,26)(H,20,25)(H,21,24)(H,22,23). The molecule has 3 unspecified atom stereocenters. The molecule has 8 N–H and O–H groups in total. The van der Waals surface area contributed by atoms with Crippen LogP contribution in [0.25, 0.3) is 0 Å². The van der Waals surface area contributed by atoms with Gasteiger partial charge in [-0.2, -0.15) is 11.8 Å².